The van der Waals surface area contributed by atoms with Crippen molar-refractivity contribution in [3.63, 3.8) is 0 Å². The predicted octanol–water partition coefficient (Wildman–Crippen LogP) is 2.20. The Morgan fingerprint density at radius 1 is 0.898 bits per heavy atom. The number of carbonyl (C=O) groups is 4. The third-order valence-corrected chi connectivity index (χ3v) is 9.57. The molecule has 2 N–H and O–H groups in total. The molecule has 1 unspecified atom stereocenters. The van der Waals surface area contributed by atoms with Crippen LogP contribution in [0.25, 0.3) is 5.82 Å². The Morgan fingerprint density at radius 3 is 2.39 bits per heavy atom. The molecular formula is C34H33FN10O4. The number of imide groups is 2. The van der Waals surface area contributed by atoms with Crippen LogP contribution in [-0.4, -0.2) is 105 Å². The van der Waals surface area contributed by atoms with E-state index in [1.165, 1.54) is 4.68 Å². The average Bonchev–Trinajstić information content (AvgIpc) is 3.71. The van der Waals surface area contributed by atoms with E-state index in [4.69, 9.17) is 0 Å². The molecule has 4 aromatic rings. The highest BCUT2D eigenvalue weighted by atomic mass is 19.1. The van der Waals surface area contributed by atoms with E-state index in [0.29, 0.717) is 17.0 Å². The maximum absolute atomic E-state index is 14.2. The van der Waals surface area contributed by atoms with Crippen LogP contribution in [0.4, 0.5) is 27.4 Å². The van der Waals surface area contributed by atoms with Gasteiger partial charge in [0.05, 0.1) is 17.3 Å². The number of benzene rings is 2. The molecule has 4 amide bonds. The third-order valence-electron chi connectivity index (χ3n) is 9.57. The van der Waals surface area contributed by atoms with Gasteiger partial charge in [0.15, 0.2) is 11.6 Å². The molecule has 14 nitrogen and oxygen atoms in total. The summed E-state index contributed by atoms with van der Waals surface area (Å²) >= 11 is 0. The molecule has 0 radical (unpaired) electrons. The Balaban J connectivity index is 0.813. The van der Waals surface area contributed by atoms with Gasteiger partial charge in [-0.2, -0.15) is 10.1 Å². The van der Waals surface area contributed by atoms with Gasteiger partial charge in [0.2, 0.25) is 17.8 Å². The highest BCUT2D eigenvalue weighted by Crippen LogP contribution is 2.33. The third kappa shape index (κ3) is 5.86. The fourth-order valence-electron chi connectivity index (χ4n) is 6.96. The fraction of sp³-hybridized carbons (Fsp3) is 0.324. The second-order valence-electron chi connectivity index (χ2n) is 12.7. The monoisotopic (exact) mass is 664 g/mol. The Bertz CT molecular complexity index is 1940. The molecule has 0 spiro atoms. The summed E-state index contributed by atoms with van der Waals surface area (Å²) < 4.78 is 15.6. The second kappa shape index (κ2) is 12.4. The molecule has 6 heterocycles. The summed E-state index contributed by atoms with van der Waals surface area (Å²) in [7, 11) is 0. The Kier molecular flexibility index (Phi) is 7.75. The lowest BCUT2D eigenvalue weighted by Gasteiger charge is -2.45. The summed E-state index contributed by atoms with van der Waals surface area (Å²) in [5, 5.41) is 9.41. The van der Waals surface area contributed by atoms with Gasteiger partial charge in [0.1, 0.15) is 6.04 Å². The molecule has 49 heavy (non-hydrogen) atoms. The second-order valence-corrected chi connectivity index (χ2v) is 12.7. The summed E-state index contributed by atoms with van der Waals surface area (Å²) in [6.07, 6.45) is 4.54. The molecule has 4 aliphatic heterocycles. The van der Waals surface area contributed by atoms with E-state index in [2.05, 4.69) is 52.5 Å². The lowest BCUT2D eigenvalue weighted by molar-refractivity contribution is -0.136. The molecule has 3 fully saturated rings. The average molecular weight is 665 g/mol. The van der Waals surface area contributed by atoms with Crippen LogP contribution in [0.3, 0.4) is 0 Å². The number of piperidine rings is 1. The lowest BCUT2D eigenvalue weighted by atomic mass is 9.97. The van der Waals surface area contributed by atoms with Gasteiger partial charge in [-0.05, 0) is 55.0 Å². The van der Waals surface area contributed by atoms with Crippen molar-refractivity contribution in [3.05, 3.63) is 84.1 Å². The zero-order valence-electron chi connectivity index (χ0n) is 26.5. The zero-order valence-corrected chi connectivity index (χ0v) is 26.5. The van der Waals surface area contributed by atoms with E-state index in [1.807, 2.05) is 18.2 Å². The van der Waals surface area contributed by atoms with E-state index in [0.717, 1.165) is 74.0 Å². The van der Waals surface area contributed by atoms with Crippen molar-refractivity contribution in [2.75, 3.05) is 60.9 Å². The number of nitrogens with zero attached hydrogens (tertiary/aromatic N) is 8. The number of piperazine rings is 1. The molecule has 250 valence electrons. The SMILES string of the molecule is O=C1CCC(N2C(=O)c3ccc(N4CC(CN5CCN(c6ccc(Nc7ncc(F)c(-n8cccn8)n7)cc6)CC5)C4)cc3C2=O)C(=O)N1. The fourth-order valence-corrected chi connectivity index (χ4v) is 6.96. The van der Waals surface area contributed by atoms with Crippen LogP contribution < -0.4 is 20.4 Å². The molecule has 1 atom stereocenters. The summed E-state index contributed by atoms with van der Waals surface area (Å²) in [4.78, 5) is 66.5. The maximum Gasteiger partial charge on any atom is 0.262 e. The van der Waals surface area contributed by atoms with Crippen LogP contribution in [0.1, 0.15) is 33.6 Å². The highest BCUT2D eigenvalue weighted by Gasteiger charge is 2.45. The van der Waals surface area contributed by atoms with Gasteiger partial charge >= 0.3 is 0 Å². The quantitative estimate of drug-likeness (QED) is 0.267. The van der Waals surface area contributed by atoms with Crippen LogP contribution in [0, 0.1) is 11.7 Å². The van der Waals surface area contributed by atoms with Crippen molar-refractivity contribution in [1.82, 2.24) is 34.9 Å². The predicted molar refractivity (Wildman–Crippen MR) is 176 cm³/mol. The number of halogens is 1. The van der Waals surface area contributed by atoms with Gasteiger partial charge < -0.3 is 15.1 Å². The van der Waals surface area contributed by atoms with Gasteiger partial charge in [-0.25, -0.2) is 14.1 Å². The molecule has 3 saturated heterocycles. The molecular weight excluding hydrogens is 631 g/mol. The van der Waals surface area contributed by atoms with Crippen LogP contribution in [0.5, 0.6) is 0 Å². The van der Waals surface area contributed by atoms with E-state index in [9.17, 15) is 23.6 Å². The van der Waals surface area contributed by atoms with Crippen LogP contribution in [-0.2, 0) is 9.59 Å². The summed E-state index contributed by atoms with van der Waals surface area (Å²) in [6, 6.07) is 14.0. The van der Waals surface area contributed by atoms with Crippen molar-refractivity contribution < 1.29 is 23.6 Å². The molecule has 0 saturated carbocycles. The van der Waals surface area contributed by atoms with Gasteiger partial charge in [0, 0.05) is 87.6 Å². The molecule has 4 aliphatic rings. The number of hydrogen-bond donors (Lipinski definition) is 2. The first-order valence-corrected chi connectivity index (χ1v) is 16.3. The van der Waals surface area contributed by atoms with Gasteiger partial charge in [-0.3, -0.25) is 34.3 Å². The Hall–Kier alpha value is -5.70. The van der Waals surface area contributed by atoms with Gasteiger partial charge in [-0.15, -0.1) is 0 Å². The number of hydrogen-bond acceptors (Lipinski definition) is 11. The number of aromatic nitrogens is 4. The number of carbonyl (C=O) groups excluding carboxylic acids is 4. The number of anilines is 4. The highest BCUT2D eigenvalue weighted by molar-refractivity contribution is 6.23. The molecule has 2 aromatic heterocycles. The topological polar surface area (TPSA) is 149 Å². The molecule has 0 bridgehead atoms. The van der Waals surface area contributed by atoms with Crippen molar-refractivity contribution in [1.29, 1.82) is 0 Å². The van der Waals surface area contributed by atoms with Crippen LogP contribution in [0.2, 0.25) is 0 Å². The van der Waals surface area contributed by atoms with Crippen LogP contribution >= 0.6 is 0 Å². The van der Waals surface area contributed by atoms with E-state index in [1.54, 1.807) is 30.6 Å². The first-order valence-electron chi connectivity index (χ1n) is 16.3. The molecule has 15 heteroatoms. The summed E-state index contributed by atoms with van der Waals surface area (Å²) in [5.74, 6) is -1.70. The van der Waals surface area contributed by atoms with E-state index < -0.39 is 35.5 Å². The minimum atomic E-state index is -0.968. The standard InChI is InChI=1S/C34H33FN10O4/c35-27-17-36-34(40-30(27)44-11-1-10-37-44)38-22-2-4-23(5-3-22)42-14-12-41(13-15-42)18-21-19-43(20-21)24-6-7-25-26(16-24)33(49)45(32(25)48)28-8-9-29(46)39-31(28)47/h1-7,10-11,16-17,21,28H,8-9,12-15,18-20H2,(H,36,38,40)(H,39,46,47). The minimum Gasteiger partial charge on any atom is -0.371 e. The van der Waals surface area contributed by atoms with Gasteiger partial charge in [-0.1, -0.05) is 0 Å². The van der Waals surface area contributed by atoms with Crippen molar-refractivity contribution in [2.45, 2.75) is 18.9 Å². The van der Waals surface area contributed by atoms with Crippen molar-refractivity contribution in [2.24, 2.45) is 5.92 Å². The largest absolute Gasteiger partial charge is 0.371 e. The number of rotatable bonds is 8. The minimum absolute atomic E-state index is 0.0732. The summed E-state index contributed by atoms with van der Waals surface area (Å²) in [5.41, 5.74) is 3.40. The number of fused-ring (bicyclic) bond motifs is 1. The van der Waals surface area contributed by atoms with Gasteiger partial charge in [0.25, 0.3) is 11.8 Å². The Labute approximate surface area is 280 Å². The summed E-state index contributed by atoms with van der Waals surface area (Å²) in [6.45, 7) is 6.40. The van der Waals surface area contributed by atoms with Crippen LogP contribution in [0.15, 0.2) is 67.1 Å². The normalized spacial score (nSPS) is 20.0. The molecule has 8 rings (SSSR count). The maximum atomic E-state index is 14.2. The van der Waals surface area contributed by atoms with E-state index >= 15 is 0 Å². The zero-order chi connectivity index (χ0) is 33.6. The number of nitrogens with one attached hydrogen (secondary N) is 2. The lowest BCUT2D eigenvalue weighted by Crippen LogP contribution is -2.55. The first kappa shape index (κ1) is 30.6. The number of amides is 4. The molecule has 0 aliphatic carbocycles. The first-order chi connectivity index (χ1) is 23.8. The van der Waals surface area contributed by atoms with Crippen molar-refractivity contribution in [3.8, 4) is 5.82 Å². The molecule has 2 aromatic carbocycles. The smallest absolute Gasteiger partial charge is 0.262 e. The van der Waals surface area contributed by atoms with Crippen molar-refractivity contribution >= 4 is 46.6 Å². The van der Waals surface area contributed by atoms with E-state index in [-0.39, 0.29) is 24.6 Å². The Morgan fingerprint density at radius 2 is 1.65 bits per heavy atom.